The number of hydrogen-bond acceptors (Lipinski definition) is 2. The van der Waals surface area contributed by atoms with Crippen LogP contribution in [0.2, 0.25) is 0 Å². The number of piperidine rings is 1. The molecule has 1 fully saturated rings. The third-order valence-corrected chi connectivity index (χ3v) is 2.38. The van der Waals surface area contributed by atoms with Crippen molar-refractivity contribution in [3.05, 3.63) is 0 Å². The van der Waals surface area contributed by atoms with Gasteiger partial charge in [0.25, 0.3) is 0 Å². The fourth-order valence-electron chi connectivity index (χ4n) is 1.66. The van der Waals surface area contributed by atoms with Crippen LogP contribution in [0.3, 0.4) is 0 Å². The van der Waals surface area contributed by atoms with Crippen molar-refractivity contribution >= 4 is 0 Å². The van der Waals surface area contributed by atoms with Gasteiger partial charge in [0.1, 0.15) is 0 Å². The van der Waals surface area contributed by atoms with E-state index < -0.39 is 0 Å². The predicted octanol–water partition coefficient (Wildman–Crippen LogP) is 2.48. The highest BCUT2D eigenvalue weighted by molar-refractivity contribution is 4.63. The van der Waals surface area contributed by atoms with Gasteiger partial charge in [-0.2, -0.15) is 0 Å². The Morgan fingerprint density at radius 1 is 1.08 bits per heavy atom. The zero-order valence-electron chi connectivity index (χ0n) is 9.39. The van der Waals surface area contributed by atoms with Crippen LogP contribution in [0.15, 0.2) is 0 Å². The van der Waals surface area contributed by atoms with Gasteiger partial charge in [-0.25, -0.2) is 0 Å². The molecule has 2 nitrogen and oxygen atoms in total. The standard InChI is InChI=1S/C9H20N2.C2H6.H2/c10-6-2-5-9-11-7-3-1-4-8-11;1-2;/h1-10H2;1-2H3;1H. The van der Waals surface area contributed by atoms with Crippen LogP contribution in [0.25, 0.3) is 0 Å². The van der Waals surface area contributed by atoms with Gasteiger partial charge in [-0.1, -0.05) is 20.3 Å². The topological polar surface area (TPSA) is 29.3 Å². The van der Waals surface area contributed by atoms with Gasteiger partial charge in [-0.3, -0.25) is 0 Å². The summed E-state index contributed by atoms with van der Waals surface area (Å²) in [6.07, 6.45) is 6.73. The highest BCUT2D eigenvalue weighted by Gasteiger charge is 2.08. The number of nitrogens with zero attached hydrogens (tertiary/aromatic N) is 1. The molecule has 1 aliphatic heterocycles. The molecule has 13 heavy (non-hydrogen) atoms. The molecular formula is C11H28N2. The van der Waals surface area contributed by atoms with Crippen molar-refractivity contribution < 1.29 is 1.43 Å². The normalized spacial score (nSPS) is 17.8. The lowest BCUT2D eigenvalue weighted by atomic mass is 10.1. The molecule has 0 unspecified atom stereocenters. The van der Waals surface area contributed by atoms with E-state index >= 15 is 0 Å². The minimum atomic E-state index is 0. The zero-order valence-corrected chi connectivity index (χ0v) is 9.39. The fraction of sp³-hybridized carbons (Fsp3) is 1.00. The second kappa shape index (κ2) is 10.0. The van der Waals surface area contributed by atoms with Crippen molar-refractivity contribution in [2.24, 2.45) is 5.73 Å². The van der Waals surface area contributed by atoms with Crippen molar-refractivity contribution in [3.8, 4) is 0 Å². The molecule has 0 bridgehead atoms. The van der Waals surface area contributed by atoms with E-state index in [4.69, 9.17) is 5.73 Å². The van der Waals surface area contributed by atoms with Gasteiger partial charge in [0.05, 0.1) is 0 Å². The average molecular weight is 188 g/mol. The molecule has 2 heteroatoms. The van der Waals surface area contributed by atoms with Gasteiger partial charge in [0.15, 0.2) is 0 Å². The summed E-state index contributed by atoms with van der Waals surface area (Å²) in [7, 11) is 0. The first kappa shape index (κ1) is 12.9. The number of nitrogens with two attached hydrogens (primary N) is 1. The Hall–Kier alpha value is -0.0800. The Bertz CT molecular complexity index is 93.3. The molecule has 0 saturated carbocycles. The van der Waals surface area contributed by atoms with E-state index in [0.717, 1.165) is 6.54 Å². The van der Waals surface area contributed by atoms with Crippen LogP contribution in [0, 0.1) is 0 Å². The van der Waals surface area contributed by atoms with Gasteiger partial charge < -0.3 is 10.6 Å². The van der Waals surface area contributed by atoms with E-state index in [1.807, 2.05) is 13.8 Å². The SMILES string of the molecule is CC.NCCCCN1CCCCC1.[HH]. The third kappa shape index (κ3) is 7.03. The van der Waals surface area contributed by atoms with Crippen molar-refractivity contribution in [1.82, 2.24) is 4.90 Å². The molecule has 2 N–H and O–H groups in total. The zero-order chi connectivity index (χ0) is 9.94. The van der Waals surface area contributed by atoms with Crippen LogP contribution >= 0.6 is 0 Å². The van der Waals surface area contributed by atoms with Crippen LogP contribution in [0.4, 0.5) is 0 Å². The lowest BCUT2D eigenvalue weighted by Gasteiger charge is -2.26. The molecule has 1 rings (SSSR count). The first-order chi connectivity index (χ1) is 6.43. The lowest BCUT2D eigenvalue weighted by molar-refractivity contribution is 0.225. The Kier molecular flexibility index (Phi) is 9.94. The number of likely N-dealkylation sites (tertiary alicyclic amines) is 1. The number of rotatable bonds is 4. The summed E-state index contributed by atoms with van der Waals surface area (Å²) in [5.41, 5.74) is 5.43. The van der Waals surface area contributed by atoms with Crippen LogP contribution in [-0.4, -0.2) is 31.1 Å². The molecule has 82 valence electrons. The summed E-state index contributed by atoms with van der Waals surface area (Å²) in [5.74, 6) is 0. The molecule has 0 aliphatic carbocycles. The molecule has 1 aliphatic rings. The van der Waals surface area contributed by atoms with Crippen LogP contribution in [-0.2, 0) is 0 Å². The Morgan fingerprint density at radius 2 is 1.69 bits per heavy atom. The lowest BCUT2D eigenvalue weighted by Crippen LogP contribution is -2.30. The Balaban J connectivity index is 0. The summed E-state index contributed by atoms with van der Waals surface area (Å²) in [6.45, 7) is 8.78. The maximum absolute atomic E-state index is 5.43. The van der Waals surface area contributed by atoms with Crippen molar-refractivity contribution in [3.63, 3.8) is 0 Å². The van der Waals surface area contributed by atoms with E-state index in [1.54, 1.807) is 0 Å². The van der Waals surface area contributed by atoms with Crippen LogP contribution < -0.4 is 5.73 Å². The van der Waals surface area contributed by atoms with Crippen molar-refractivity contribution in [2.45, 2.75) is 46.0 Å². The largest absolute Gasteiger partial charge is 0.330 e. The highest BCUT2D eigenvalue weighted by Crippen LogP contribution is 2.08. The quantitative estimate of drug-likeness (QED) is 0.687. The van der Waals surface area contributed by atoms with Gasteiger partial charge in [0, 0.05) is 1.43 Å². The van der Waals surface area contributed by atoms with Gasteiger partial charge in [-0.05, 0) is 51.9 Å². The van der Waals surface area contributed by atoms with Gasteiger partial charge >= 0.3 is 0 Å². The Labute approximate surface area is 85.0 Å². The fourth-order valence-corrected chi connectivity index (χ4v) is 1.66. The van der Waals surface area contributed by atoms with Crippen LogP contribution in [0.1, 0.15) is 47.4 Å². The molecular weight excluding hydrogens is 160 g/mol. The van der Waals surface area contributed by atoms with E-state index in [-0.39, 0.29) is 1.43 Å². The highest BCUT2D eigenvalue weighted by atomic mass is 15.1. The average Bonchev–Trinajstić information content (AvgIpc) is 2.23. The summed E-state index contributed by atoms with van der Waals surface area (Å²) in [4.78, 5) is 2.57. The minimum Gasteiger partial charge on any atom is -0.330 e. The van der Waals surface area contributed by atoms with Crippen molar-refractivity contribution in [1.29, 1.82) is 0 Å². The maximum Gasteiger partial charge on any atom is 0 e. The second-order valence-corrected chi connectivity index (χ2v) is 3.40. The maximum atomic E-state index is 5.43. The van der Waals surface area contributed by atoms with Crippen LogP contribution in [0.5, 0.6) is 0 Å². The molecule has 0 spiro atoms. The number of unbranched alkanes of at least 4 members (excludes halogenated alkanes) is 1. The monoisotopic (exact) mass is 188 g/mol. The predicted molar refractivity (Wildman–Crippen MR) is 62.0 cm³/mol. The third-order valence-electron chi connectivity index (χ3n) is 2.38. The number of hydrogen-bond donors (Lipinski definition) is 1. The molecule has 1 heterocycles. The first-order valence-corrected chi connectivity index (χ1v) is 5.86. The smallest absolute Gasteiger partial charge is 0 e. The molecule has 0 amide bonds. The summed E-state index contributed by atoms with van der Waals surface area (Å²) in [5, 5.41) is 0. The second-order valence-electron chi connectivity index (χ2n) is 3.40. The minimum absolute atomic E-state index is 0. The van der Waals surface area contributed by atoms with Gasteiger partial charge in [-0.15, -0.1) is 0 Å². The molecule has 0 aromatic carbocycles. The summed E-state index contributed by atoms with van der Waals surface area (Å²) in [6, 6.07) is 0. The van der Waals surface area contributed by atoms with E-state index in [1.165, 1.54) is 51.7 Å². The summed E-state index contributed by atoms with van der Waals surface area (Å²) >= 11 is 0. The van der Waals surface area contributed by atoms with Crippen molar-refractivity contribution in [2.75, 3.05) is 26.2 Å². The molecule has 0 radical (unpaired) electrons. The Morgan fingerprint density at radius 3 is 2.23 bits per heavy atom. The van der Waals surface area contributed by atoms with E-state index in [9.17, 15) is 0 Å². The molecule has 0 aromatic heterocycles. The molecule has 0 atom stereocenters. The van der Waals surface area contributed by atoms with Gasteiger partial charge in [0.2, 0.25) is 0 Å². The molecule has 0 aromatic rings. The first-order valence-electron chi connectivity index (χ1n) is 5.86. The van der Waals surface area contributed by atoms with E-state index in [2.05, 4.69) is 4.90 Å². The van der Waals surface area contributed by atoms with E-state index in [0.29, 0.717) is 0 Å². The molecule has 1 saturated heterocycles. The summed E-state index contributed by atoms with van der Waals surface area (Å²) < 4.78 is 0.